The number of nitrogens with zero attached hydrogens (tertiary/aromatic N) is 1. The van der Waals surface area contributed by atoms with Gasteiger partial charge < -0.3 is 27.8 Å². The zero-order valence-electron chi connectivity index (χ0n) is 37.8. The van der Waals surface area contributed by atoms with E-state index in [1.54, 1.807) is 14.2 Å². The molecular formula is C45H77NO8Si2. The number of hydrogen-bond acceptors (Lipinski definition) is 8. The van der Waals surface area contributed by atoms with Crippen LogP contribution in [0.5, 0.6) is 5.75 Å². The van der Waals surface area contributed by atoms with Crippen LogP contribution in [0.15, 0.2) is 54.6 Å². The molecule has 0 spiro atoms. The predicted octanol–water partition coefficient (Wildman–Crippen LogP) is 10.9. The van der Waals surface area contributed by atoms with Crippen molar-refractivity contribution in [3.05, 3.63) is 65.7 Å². The Morgan fingerprint density at radius 1 is 0.732 bits per heavy atom. The number of carbonyl (C=O) groups is 1. The van der Waals surface area contributed by atoms with Gasteiger partial charge in [-0.15, -0.1) is 0 Å². The number of carbonyl (C=O) groups excluding carboxylic acids is 1. The van der Waals surface area contributed by atoms with Crippen LogP contribution in [-0.2, 0) is 39.3 Å². The second-order valence-corrected chi connectivity index (χ2v) is 28.6. The molecule has 1 aliphatic heterocycles. The lowest BCUT2D eigenvalue weighted by Gasteiger charge is -2.53. The number of hydroxylamine groups is 2. The third kappa shape index (κ3) is 10.7. The van der Waals surface area contributed by atoms with E-state index in [4.69, 9.17) is 32.6 Å². The lowest BCUT2D eigenvalue weighted by atomic mass is 9.85. The monoisotopic (exact) mass is 816 g/mol. The summed E-state index contributed by atoms with van der Waals surface area (Å²) in [5.74, 6) is 0.164. The minimum absolute atomic E-state index is 0.306. The first-order valence-corrected chi connectivity index (χ1v) is 25.3. The van der Waals surface area contributed by atoms with Crippen molar-refractivity contribution in [1.29, 1.82) is 0 Å². The summed E-state index contributed by atoms with van der Waals surface area (Å²) in [4.78, 5) is 19.9. The van der Waals surface area contributed by atoms with Gasteiger partial charge in [-0.1, -0.05) is 132 Å². The highest BCUT2D eigenvalue weighted by Crippen LogP contribution is 2.48. The Morgan fingerprint density at radius 3 is 1.71 bits per heavy atom. The van der Waals surface area contributed by atoms with Gasteiger partial charge in [-0.05, 0) is 63.4 Å². The zero-order chi connectivity index (χ0) is 42.1. The molecule has 0 saturated carbocycles. The van der Waals surface area contributed by atoms with Crippen molar-refractivity contribution in [2.45, 2.75) is 173 Å². The highest BCUT2D eigenvalue weighted by atomic mass is 28.4. The standard InChI is InChI=1S/C45H77NO8Si2/c1-29(2)55(30(3)4,31(5)6)51-28-40-43(50-27-37-23-25-39(48-16)26-24-37)42(54-56(32(7)8,33(9)10)34(11)12)35(13)41(53-40)44(45(47)46(15)49-17)52-36(14)38-21-19-18-20-22-38/h18-26,29-36,40-44H,27-28H2,1-17H3/t35-,36-,40+,41+,42+,43+,44?/m0/s1. The molecule has 9 nitrogen and oxygen atoms in total. The highest BCUT2D eigenvalue weighted by molar-refractivity contribution is 6.78. The van der Waals surface area contributed by atoms with E-state index in [0.717, 1.165) is 16.9 Å². The highest BCUT2D eigenvalue weighted by Gasteiger charge is 2.56. The van der Waals surface area contributed by atoms with E-state index < -0.39 is 53.3 Å². The first-order chi connectivity index (χ1) is 26.3. The molecule has 56 heavy (non-hydrogen) atoms. The molecule has 1 fully saturated rings. The van der Waals surface area contributed by atoms with Crippen LogP contribution in [0, 0.1) is 5.92 Å². The summed E-state index contributed by atoms with van der Waals surface area (Å²) in [6.07, 6.45) is -3.57. The maximum absolute atomic E-state index is 14.4. The maximum atomic E-state index is 14.4. The van der Waals surface area contributed by atoms with Crippen LogP contribution in [0.2, 0.25) is 33.2 Å². The Morgan fingerprint density at radius 2 is 1.25 bits per heavy atom. The van der Waals surface area contributed by atoms with Crippen LogP contribution in [0.3, 0.4) is 0 Å². The molecule has 0 N–H and O–H groups in total. The number of methoxy groups -OCH3 is 1. The molecule has 1 unspecified atom stereocenters. The molecule has 318 valence electrons. The quantitative estimate of drug-likeness (QED) is 0.0910. The normalized spacial score (nSPS) is 22.1. The Balaban J connectivity index is 2.28. The van der Waals surface area contributed by atoms with Gasteiger partial charge in [-0.3, -0.25) is 9.63 Å². The van der Waals surface area contributed by atoms with Crippen LogP contribution in [0.25, 0.3) is 0 Å². The molecule has 1 saturated heterocycles. The first kappa shape index (κ1) is 48.3. The number of hydrogen-bond donors (Lipinski definition) is 0. The molecule has 7 atom stereocenters. The van der Waals surface area contributed by atoms with E-state index >= 15 is 0 Å². The molecule has 2 aromatic rings. The van der Waals surface area contributed by atoms with Gasteiger partial charge in [-0.2, -0.15) is 0 Å². The van der Waals surface area contributed by atoms with Gasteiger partial charge in [0.2, 0.25) is 8.32 Å². The Kier molecular flexibility index (Phi) is 18.3. The fourth-order valence-corrected chi connectivity index (χ4v) is 20.9. The van der Waals surface area contributed by atoms with Gasteiger partial charge >= 0.3 is 0 Å². The molecular weight excluding hydrogens is 739 g/mol. The van der Waals surface area contributed by atoms with Crippen molar-refractivity contribution in [2.75, 3.05) is 27.9 Å². The van der Waals surface area contributed by atoms with E-state index in [1.165, 1.54) is 12.2 Å². The fraction of sp³-hybridized carbons (Fsp3) is 0.711. The summed E-state index contributed by atoms with van der Waals surface area (Å²) in [6.45, 7) is 32.4. The molecule has 2 aromatic carbocycles. The first-order valence-electron chi connectivity index (χ1n) is 21.0. The Hall–Kier alpha value is -2.10. The van der Waals surface area contributed by atoms with Crippen LogP contribution in [-0.4, -0.2) is 86.0 Å². The van der Waals surface area contributed by atoms with Crippen molar-refractivity contribution < 1.29 is 37.4 Å². The van der Waals surface area contributed by atoms with E-state index in [2.05, 4.69) is 90.0 Å². The topological polar surface area (TPSA) is 84.9 Å². The second kappa shape index (κ2) is 21.2. The summed E-state index contributed by atoms with van der Waals surface area (Å²) in [5.41, 5.74) is 4.06. The SMILES string of the molecule is COc1ccc(CO[C@H]2[C@H](O[Si](C(C)C)(C(C)C)C(C)C)[C@@H](C)[C@H](C(O[C@@H](C)c3ccccc3)C(=O)N(C)OC)O[C@@H]2CO[Si](C(C)C)(C(C)C)C(C)C)cc1. The van der Waals surface area contributed by atoms with Crippen molar-refractivity contribution >= 4 is 22.5 Å². The van der Waals surface area contributed by atoms with E-state index in [0.29, 0.717) is 46.5 Å². The Labute approximate surface area is 342 Å². The zero-order valence-corrected chi connectivity index (χ0v) is 39.8. The van der Waals surface area contributed by atoms with Gasteiger partial charge in [0.25, 0.3) is 5.91 Å². The fourth-order valence-electron chi connectivity index (χ4n) is 9.81. The van der Waals surface area contributed by atoms with Gasteiger partial charge in [0.15, 0.2) is 14.4 Å². The molecule has 0 bridgehead atoms. The maximum Gasteiger partial charge on any atom is 0.277 e. The Bertz CT molecular complexity index is 1410. The van der Waals surface area contributed by atoms with Gasteiger partial charge in [0.05, 0.1) is 45.7 Å². The third-order valence-electron chi connectivity index (χ3n) is 12.7. The minimum Gasteiger partial charge on any atom is -0.497 e. The van der Waals surface area contributed by atoms with Crippen LogP contribution < -0.4 is 4.74 Å². The molecule has 0 radical (unpaired) electrons. The summed E-state index contributed by atoms with van der Waals surface area (Å²) in [6, 6.07) is 18.0. The van der Waals surface area contributed by atoms with Gasteiger partial charge in [0, 0.05) is 13.0 Å². The largest absolute Gasteiger partial charge is 0.497 e. The van der Waals surface area contributed by atoms with Crippen LogP contribution in [0.1, 0.15) is 114 Å². The van der Waals surface area contributed by atoms with Crippen LogP contribution in [0.4, 0.5) is 0 Å². The summed E-state index contributed by atoms with van der Waals surface area (Å²) in [5, 5.41) is 1.25. The predicted molar refractivity (Wildman–Crippen MR) is 232 cm³/mol. The van der Waals surface area contributed by atoms with Crippen molar-refractivity contribution in [3.8, 4) is 5.75 Å². The van der Waals surface area contributed by atoms with Gasteiger partial charge in [-0.25, -0.2) is 5.06 Å². The molecule has 0 aliphatic carbocycles. The average molecular weight is 816 g/mol. The van der Waals surface area contributed by atoms with E-state index in [1.807, 2.05) is 61.5 Å². The number of likely N-dealkylation sites (N-methyl/N-ethyl adjacent to an activating group) is 1. The lowest BCUT2D eigenvalue weighted by molar-refractivity contribution is -0.252. The van der Waals surface area contributed by atoms with Crippen molar-refractivity contribution in [3.63, 3.8) is 0 Å². The molecule has 1 heterocycles. The average Bonchev–Trinajstić information content (AvgIpc) is 3.15. The smallest absolute Gasteiger partial charge is 0.277 e. The van der Waals surface area contributed by atoms with E-state index in [9.17, 15) is 4.79 Å². The summed E-state index contributed by atoms with van der Waals surface area (Å²) >= 11 is 0. The molecule has 1 aliphatic rings. The van der Waals surface area contributed by atoms with E-state index in [-0.39, 0.29) is 11.8 Å². The van der Waals surface area contributed by atoms with Crippen molar-refractivity contribution in [2.24, 2.45) is 5.92 Å². The minimum atomic E-state index is -2.51. The number of ether oxygens (including phenoxy) is 4. The molecule has 11 heteroatoms. The lowest BCUT2D eigenvalue weighted by Crippen LogP contribution is -2.65. The number of rotatable bonds is 21. The van der Waals surface area contributed by atoms with Crippen LogP contribution >= 0.6 is 0 Å². The molecule has 0 aromatic heterocycles. The number of benzene rings is 2. The summed E-state index contributed by atoms with van der Waals surface area (Å²) in [7, 11) is -0.0754. The number of amides is 1. The second-order valence-electron chi connectivity index (χ2n) is 17.8. The summed E-state index contributed by atoms with van der Waals surface area (Å²) < 4.78 is 41.8. The third-order valence-corrected chi connectivity index (χ3v) is 24.8. The molecule has 3 rings (SSSR count). The molecule has 1 amide bonds. The van der Waals surface area contributed by atoms with Crippen molar-refractivity contribution in [1.82, 2.24) is 5.06 Å². The van der Waals surface area contributed by atoms with Gasteiger partial charge in [0.1, 0.15) is 18.0 Å².